The molecule has 0 radical (unpaired) electrons. The van der Waals surface area contributed by atoms with E-state index in [0.717, 1.165) is 18.8 Å². The molecule has 1 fully saturated rings. The van der Waals surface area contributed by atoms with Crippen molar-refractivity contribution in [2.24, 2.45) is 17.8 Å². The van der Waals surface area contributed by atoms with Gasteiger partial charge in [-0.2, -0.15) is 0 Å². The molecule has 2 heteroatoms. The Labute approximate surface area is 99.1 Å². The first kappa shape index (κ1) is 13.3. The smallest absolute Gasteiger partial charge is 0.333 e. The van der Waals surface area contributed by atoms with E-state index in [0.29, 0.717) is 17.4 Å². The van der Waals surface area contributed by atoms with E-state index < -0.39 is 0 Å². The van der Waals surface area contributed by atoms with E-state index in [1.165, 1.54) is 6.42 Å². The lowest BCUT2D eigenvalue weighted by Crippen LogP contribution is -2.35. The second-order valence-electron chi connectivity index (χ2n) is 5.55. The average molecular weight is 224 g/mol. The molecule has 0 bridgehead atoms. The molecule has 0 heterocycles. The fourth-order valence-electron chi connectivity index (χ4n) is 2.48. The number of carbonyl (C=O) groups is 1. The van der Waals surface area contributed by atoms with Crippen LogP contribution < -0.4 is 0 Å². The van der Waals surface area contributed by atoms with E-state index in [2.05, 4.69) is 27.4 Å². The Balaban J connectivity index is 2.62. The minimum Gasteiger partial charge on any atom is -0.459 e. The predicted molar refractivity (Wildman–Crippen MR) is 66.0 cm³/mol. The van der Waals surface area contributed by atoms with Crippen molar-refractivity contribution in [2.45, 2.75) is 53.1 Å². The van der Waals surface area contributed by atoms with Gasteiger partial charge in [-0.3, -0.25) is 0 Å². The van der Waals surface area contributed by atoms with Gasteiger partial charge in [0.2, 0.25) is 0 Å². The van der Waals surface area contributed by atoms with Crippen LogP contribution in [-0.4, -0.2) is 12.1 Å². The lowest BCUT2D eigenvalue weighted by atomic mass is 9.75. The van der Waals surface area contributed by atoms with Gasteiger partial charge >= 0.3 is 5.97 Å². The fraction of sp³-hybridized carbons (Fsp3) is 0.786. The quantitative estimate of drug-likeness (QED) is 0.541. The molecule has 0 aromatic heterocycles. The van der Waals surface area contributed by atoms with Crippen molar-refractivity contribution in [2.75, 3.05) is 0 Å². The predicted octanol–water partition coefficient (Wildman–Crippen LogP) is 3.57. The van der Waals surface area contributed by atoms with Gasteiger partial charge in [0.15, 0.2) is 0 Å². The highest BCUT2D eigenvalue weighted by Gasteiger charge is 2.33. The lowest BCUT2D eigenvalue weighted by molar-refractivity contribution is -0.150. The van der Waals surface area contributed by atoms with E-state index >= 15 is 0 Å². The first-order valence-corrected chi connectivity index (χ1v) is 6.28. The molecule has 1 aliphatic rings. The summed E-state index contributed by atoms with van der Waals surface area (Å²) in [4.78, 5) is 11.5. The molecular weight excluding hydrogens is 200 g/mol. The summed E-state index contributed by atoms with van der Waals surface area (Å²) in [5.74, 6) is 1.61. The summed E-state index contributed by atoms with van der Waals surface area (Å²) in [5.41, 5.74) is 0.501. The zero-order valence-corrected chi connectivity index (χ0v) is 11.0. The maximum absolute atomic E-state index is 11.5. The van der Waals surface area contributed by atoms with Crippen LogP contribution in [0.2, 0.25) is 0 Å². The van der Waals surface area contributed by atoms with Gasteiger partial charge in [0.05, 0.1) is 0 Å². The molecule has 0 unspecified atom stereocenters. The number of carbonyl (C=O) groups excluding carboxylic acids is 1. The molecule has 0 aromatic rings. The van der Waals surface area contributed by atoms with Crippen molar-refractivity contribution in [3.8, 4) is 0 Å². The van der Waals surface area contributed by atoms with Crippen molar-refractivity contribution >= 4 is 5.97 Å². The summed E-state index contributed by atoms with van der Waals surface area (Å²) >= 11 is 0. The highest BCUT2D eigenvalue weighted by Crippen LogP contribution is 2.35. The molecule has 0 spiro atoms. The Kier molecular flexibility index (Phi) is 4.57. The van der Waals surface area contributed by atoms with Crippen LogP contribution in [0.25, 0.3) is 0 Å². The second kappa shape index (κ2) is 5.51. The van der Waals surface area contributed by atoms with Crippen molar-refractivity contribution in [1.82, 2.24) is 0 Å². The molecule has 1 aliphatic carbocycles. The molecule has 3 atom stereocenters. The summed E-state index contributed by atoms with van der Waals surface area (Å²) in [6.45, 7) is 12.0. The van der Waals surface area contributed by atoms with E-state index in [1.807, 2.05) is 0 Å². The van der Waals surface area contributed by atoms with Gasteiger partial charge in [-0.25, -0.2) is 4.79 Å². The fourth-order valence-corrected chi connectivity index (χ4v) is 2.48. The zero-order chi connectivity index (χ0) is 12.3. The molecule has 2 nitrogen and oxygen atoms in total. The van der Waals surface area contributed by atoms with Gasteiger partial charge in [-0.1, -0.05) is 27.4 Å². The summed E-state index contributed by atoms with van der Waals surface area (Å²) < 4.78 is 5.54. The first-order chi connectivity index (χ1) is 7.41. The van der Waals surface area contributed by atoms with Crippen LogP contribution in [-0.2, 0) is 9.53 Å². The number of rotatable bonds is 3. The molecule has 1 rings (SSSR count). The Hall–Kier alpha value is -0.790. The Morgan fingerprint density at radius 2 is 2.00 bits per heavy atom. The minimum atomic E-state index is -0.231. The van der Waals surface area contributed by atoms with Crippen LogP contribution in [0.4, 0.5) is 0 Å². The summed E-state index contributed by atoms with van der Waals surface area (Å²) in [6, 6.07) is 0. The second-order valence-corrected chi connectivity index (χ2v) is 5.55. The third-order valence-corrected chi connectivity index (χ3v) is 3.56. The highest BCUT2D eigenvalue weighted by atomic mass is 16.5. The molecule has 1 saturated carbocycles. The van der Waals surface area contributed by atoms with E-state index in [4.69, 9.17) is 4.74 Å². The van der Waals surface area contributed by atoms with Gasteiger partial charge in [0.25, 0.3) is 0 Å². The maximum atomic E-state index is 11.5. The third kappa shape index (κ3) is 3.36. The van der Waals surface area contributed by atoms with Crippen LogP contribution >= 0.6 is 0 Å². The monoisotopic (exact) mass is 224 g/mol. The van der Waals surface area contributed by atoms with Crippen LogP contribution in [0.15, 0.2) is 12.2 Å². The maximum Gasteiger partial charge on any atom is 0.333 e. The van der Waals surface area contributed by atoms with Crippen molar-refractivity contribution in [3.05, 3.63) is 12.2 Å². The van der Waals surface area contributed by atoms with Gasteiger partial charge in [-0.15, -0.1) is 0 Å². The van der Waals surface area contributed by atoms with E-state index in [1.54, 1.807) is 6.92 Å². The number of hydrogen-bond donors (Lipinski definition) is 0. The van der Waals surface area contributed by atoms with Crippen LogP contribution in [0, 0.1) is 17.8 Å². The summed E-state index contributed by atoms with van der Waals surface area (Å²) in [7, 11) is 0. The van der Waals surface area contributed by atoms with Gasteiger partial charge in [0, 0.05) is 5.57 Å². The third-order valence-electron chi connectivity index (χ3n) is 3.56. The Bertz CT molecular complexity index is 268. The lowest BCUT2D eigenvalue weighted by Gasteiger charge is -2.36. The van der Waals surface area contributed by atoms with Gasteiger partial charge < -0.3 is 4.74 Å². The van der Waals surface area contributed by atoms with Crippen molar-refractivity contribution in [1.29, 1.82) is 0 Å². The van der Waals surface area contributed by atoms with Crippen LogP contribution in [0.3, 0.4) is 0 Å². The average Bonchev–Trinajstić information content (AvgIpc) is 2.20. The molecule has 0 aromatic carbocycles. The molecule has 0 saturated heterocycles. The molecule has 16 heavy (non-hydrogen) atoms. The molecular formula is C14H24O2. The van der Waals surface area contributed by atoms with Crippen molar-refractivity contribution in [3.63, 3.8) is 0 Å². The van der Waals surface area contributed by atoms with E-state index in [9.17, 15) is 4.79 Å². The summed E-state index contributed by atoms with van der Waals surface area (Å²) in [6.07, 6.45) is 3.44. The first-order valence-electron chi connectivity index (χ1n) is 6.28. The van der Waals surface area contributed by atoms with Crippen LogP contribution in [0.5, 0.6) is 0 Å². The van der Waals surface area contributed by atoms with Crippen LogP contribution in [0.1, 0.15) is 47.0 Å². The van der Waals surface area contributed by atoms with Gasteiger partial charge in [-0.05, 0) is 43.9 Å². The number of esters is 1. The molecule has 0 N–H and O–H groups in total. The zero-order valence-electron chi connectivity index (χ0n) is 11.0. The molecule has 0 aliphatic heterocycles. The minimum absolute atomic E-state index is 0.0976. The van der Waals surface area contributed by atoms with Crippen molar-refractivity contribution < 1.29 is 9.53 Å². The molecule has 0 amide bonds. The summed E-state index contributed by atoms with van der Waals surface area (Å²) in [5, 5.41) is 0. The van der Waals surface area contributed by atoms with E-state index in [-0.39, 0.29) is 12.1 Å². The highest BCUT2D eigenvalue weighted by molar-refractivity contribution is 5.87. The Morgan fingerprint density at radius 3 is 2.50 bits per heavy atom. The standard InChI is InChI=1S/C14H24O2/c1-9(2)12-8-11(5)6-7-13(12)16-14(15)10(3)4/h9,11-13H,3,6-8H2,1-2,4-5H3/t11-,12+,13-/m1/s1. The topological polar surface area (TPSA) is 26.3 Å². The number of ether oxygens (including phenoxy) is 1. The normalized spacial score (nSPS) is 30.2. The molecule has 92 valence electrons. The Morgan fingerprint density at radius 1 is 1.38 bits per heavy atom. The number of hydrogen-bond acceptors (Lipinski definition) is 2. The van der Waals surface area contributed by atoms with Gasteiger partial charge in [0.1, 0.15) is 6.10 Å². The largest absolute Gasteiger partial charge is 0.459 e. The SMILES string of the molecule is C=C(C)C(=O)O[C@@H]1CC[C@@H](C)C[C@H]1C(C)C.